The van der Waals surface area contributed by atoms with Gasteiger partial charge in [0.05, 0.1) is 14.2 Å². The molecular formula is C20H22N2O4. The van der Waals surface area contributed by atoms with Gasteiger partial charge in [-0.05, 0) is 42.0 Å². The van der Waals surface area contributed by atoms with Gasteiger partial charge in [0.25, 0.3) is 5.91 Å². The molecule has 26 heavy (non-hydrogen) atoms. The molecule has 2 amide bonds. The number of ether oxygens (including phenoxy) is 2. The van der Waals surface area contributed by atoms with E-state index in [1.807, 2.05) is 0 Å². The Morgan fingerprint density at radius 2 is 1.65 bits per heavy atom. The second-order valence-electron chi connectivity index (χ2n) is 5.75. The first-order chi connectivity index (χ1) is 12.4. The predicted octanol–water partition coefficient (Wildman–Crippen LogP) is 3.06. The lowest BCUT2D eigenvalue weighted by molar-refractivity contribution is -0.111. The number of nitrogens with zero attached hydrogens (tertiary/aromatic N) is 1. The van der Waals surface area contributed by atoms with Crippen molar-refractivity contribution in [2.75, 3.05) is 33.6 Å². The molecule has 0 heterocycles. The van der Waals surface area contributed by atoms with Gasteiger partial charge in [0.2, 0.25) is 5.91 Å². The number of carbonyl (C=O) groups excluding carboxylic acids is 2. The van der Waals surface area contributed by atoms with Crippen LogP contribution in [0.1, 0.15) is 15.9 Å². The summed E-state index contributed by atoms with van der Waals surface area (Å²) in [6.45, 7) is 0. The molecule has 0 aliphatic heterocycles. The maximum atomic E-state index is 12.2. The number of hydrogen-bond donors (Lipinski definition) is 1. The second-order valence-corrected chi connectivity index (χ2v) is 5.75. The van der Waals surface area contributed by atoms with Crippen molar-refractivity contribution in [1.82, 2.24) is 4.90 Å². The quantitative estimate of drug-likeness (QED) is 0.810. The molecule has 0 saturated carbocycles. The van der Waals surface area contributed by atoms with Gasteiger partial charge in [-0.3, -0.25) is 9.59 Å². The maximum Gasteiger partial charge on any atom is 0.253 e. The molecular weight excluding hydrogens is 332 g/mol. The summed E-state index contributed by atoms with van der Waals surface area (Å²) < 4.78 is 10.4. The van der Waals surface area contributed by atoms with Gasteiger partial charge >= 0.3 is 0 Å². The normalized spacial score (nSPS) is 10.5. The smallest absolute Gasteiger partial charge is 0.253 e. The van der Waals surface area contributed by atoms with E-state index < -0.39 is 0 Å². The molecule has 0 spiro atoms. The van der Waals surface area contributed by atoms with Crippen molar-refractivity contribution in [3.05, 3.63) is 59.7 Å². The van der Waals surface area contributed by atoms with Crippen molar-refractivity contribution >= 4 is 23.6 Å². The molecule has 2 rings (SSSR count). The molecule has 0 saturated heterocycles. The summed E-state index contributed by atoms with van der Waals surface area (Å²) in [7, 11) is 6.49. The molecule has 6 heteroatoms. The van der Waals surface area contributed by atoms with E-state index in [0.717, 1.165) is 5.56 Å². The largest absolute Gasteiger partial charge is 0.497 e. The Labute approximate surface area is 153 Å². The number of carbonyl (C=O) groups is 2. The van der Waals surface area contributed by atoms with Crippen molar-refractivity contribution in [2.24, 2.45) is 0 Å². The van der Waals surface area contributed by atoms with Gasteiger partial charge in [0.15, 0.2) is 0 Å². The van der Waals surface area contributed by atoms with Crippen molar-refractivity contribution in [2.45, 2.75) is 0 Å². The summed E-state index contributed by atoms with van der Waals surface area (Å²) in [6, 6.07) is 12.1. The minimum absolute atomic E-state index is 0.125. The van der Waals surface area contributed by atoms with Gasteiger partial charge in [-0.2, -0.15) is 0 Å². The van der Waals surface area contributed by atoms with Gasteiger partial charge in [0.1, 0.15) is 11.5 Å². The SMILES string of the molecule is COc1cc(/C=C/C(=O)Nc2cccc(C(=O)N(C)C)c2)cc(OC)c1. The second kappa shape index (κ2) is 8.71. The molecule has 0 fully saturated rings. The van der Waals surface area contributed by atoms with E-state index in [1.165, 1.54) is 11.0 Å². The number of nitrogens with one attached hydrogen (secondary N) is 1. The average molecular weight is 354 g/mol. The Balaban J connectivity index is 2.10. The van der Waals surface area contributed by atoms with Crippen LogP contribution in [0.4, 0.5) is 5.69 Å². The third kappa shape index (κ3) is 5.11. The molecule has 2 aromatic carbocycles. The zero-order chi connectivity index (χ0) is 19.1. The van der Waals surface area contributed by atoms with Crippen molar-refractivity contribution in [3.63, 3.8) is 0 Å². The molecule has 0 aliphatic rings. The fourth-order valence-corrected chi connectivity index (χ4v) is 2.27. The van der Waals surface area contributed by atoms with Gasteiger partial charge in [-0.15, -0.1) is 0 Å². The minimum Gasteiger partial charge on any atom is -0.497 e. The van der Waals surface area contributed by atoms with Crippen LogP contribution in [0.2, 0.25) is 0 Å². The van der Waals surface area contributed by atoms with E-state index in [4.69, 9.17) is 9.47 Å². The van der Waals surface area contributed by atoms with Gasteiger partial charge in [-0.25, -0.2) is 0 Å². The highest BCUT2D eigenvalue weighted by atomic mass is 16.5. The van der Waals surface area contributed by atoms with Crippen molar-refractivity contribution < 1.29 is 19.1 Å². The first kappa shape index (κ1) is 19.1. The maximum absolute atomic E-state index is 12.2. The monoisotopic (exact) mass is 354 g/mol. The molecule has 2 aromatic rings. The Bertz CT molecular complexity index is 806. The molecule has 1 N–H and O–H groups in total. The minimum atomic E-state index is -0.304. The fraction of sp³-hybridized carbons (Fsp3) is 0.200. The lowest BCUT2D eigenvalue weighted by Crippen LogP contribution is -2.21. The summed E-state index contributed by atoms with van der Waals surface area (Å²) in [5.74, 6) is 0.847. The van der Waals surface area contributed by atoms with E-state index in [9.17, 15) is 9.59 Å². The van der Waals surface area contributed by atoms with Crippen LogP contribution in [-0.2, 0) is 4.79 Å². The van der Waals surface area contributed by atoms with Crippen LogP contribution in [0, 0.1) is 0 Å². The van der Waals surface area contributed by atoms with Crippen LogP contribution in [0.25, 0.3) is 6.08 Å². The molecule has 0 aliphatic carbocycles. The molecule has 0 atom stereocenters. The highest BCUT2D eigenvalue weighted by Crippen LogP contribution is 2.23. The van der Waals surface area contributed by atoms with Gasteiger partial charge in [0, 0.05) is 37.5 Å². The highest BCUT2D eigenvalue weighted by molar-refractivity contribution is 6.03. The number of rotatable bonds is 6. The number of methoxy groups -OCH3 is 2. The summed E-state index contributed by atoms with van der Waals surface area (Å²) in [5.41, 5.74) is 1.83. The highest BCUT2D eigenvalue weighted by Gasteiger charge is 2.09. The van der Waals surface area contributed by atoms with E-state index >= 15 is 0 Å². The fourth-order valence-electron chi connectivity index (χ4n) is 2.27. The summed E-state index contributed by atoms with van der Waals surface area (Å²) >= 11 is 0. The zero-order valence-electron chi connectivity index (χ0n) is 15.3. The standard InChI is InChI=1S/C20H22N2O4/c1-22(2)20(24)15-6-5-7-16(12-15)21-19(23)9-8-14-10-17(25-3)13-18(11-14)26-4/h5-13H,1-4H3,(H,21,23)/b9-8+. The Hall–Kier alpha value is -3.28. The third-order valence-corrected chi connectivity index (χ3v) is 3.58. The Morgan fingerprint density at radius 1 is 1.00 bits per heavy atom. The molecule has 136 valence electrons. The van der Waals surface area contributed by atoms with Crippen molar-refractivity contribution in [3.8, 4) is 11.5 Å². The Kier molecular flexibility index (Phi) is 6.38. The van der Waals surface area contributed by atoms with Crippen LogP contribution >= 0.6 is 0 Å². The number of benzene rings is 2. The lowest BCUT2D eigenvalue weighted by Gasteiger charge is -2.11. The van der Waals surface area contributed by atoms with Crippen LogP contribution < -0.4 is 14.8 Å². The Morgan fingerprint density at radius 3 is 2.23 bits per heavy atom. The van der Waals surface area contributed by atoms with Crippen LogP contribution in [-0.4, -0.2) is 45.0 Å². The van der Waals surface area contributed by atoms with E-state index in [2.05, 4.69) is 5.32 Å². The summed E-state index contributed by atoms with van der Waals surface area (Å²) in [4.78, 5) is 25.6. The number of amides is 2. The lowest BCUT2D eigenvalue weighted by atomic mass is 10.1. The molecule has 0 radical (unpaired) electrons. The first-order valence-corrected chi connectivity index (χ1v) is 7.97. The summed E-state index contributed by atoms with van der Waals surface area (Å²) in [6.07, 6.45) is 3.07. The number of hydrogen-bond acceptors (Lipinski definition) is 4. The van der Waals surface area contributed by atoms with Crippen LogP contribution in [0.3, 0.4) is 0 Å². The topological polar surface area (TPSA) is 67.9 Å². The predicted molar refractivity (Wildman–Crippen MR) is 102 cm³/mol. The number of anilines is 1. The van der Waals surface area contributed by atoms with E-state index in [-0.39, 0.29) is 11.8 Å². The molecule has 0 unspecified atom stereocenters. The van der Waals surface area contributed by atoms with Crippen LogP contribution in [0.5, 0.6) is 11.5 Å². The molecule has 0 bridgehead atoms. The van der Waals surface area contributed by atoms with Crippen molar-refractivity contribution in [1.29, 1.82) is 0 Å². The molecule has 0 aromatic heterocycles. The summed E-state index contributed by atoms with van der Waals surface area (Å²) in [5, 5.41) is 2.74. The first-order valence-electron chi connectivity index (χ1n) is 7.97. The third-order valence-electron chi connectivity index (χ3n) is 3.58. The zero-order valence-corrected chi connectivity index (χ0v) is 15.3. The van der Waals surface area contributed by atoms with Crippen LogP contribution in [0.15, 0.2) is 48.5 Å². The average Bonchev–Trinajstić information content (AvgIpc) is 2.65. The van der Waals surface area contributed by atoms with E-state index in [1.54, 1.807) is 76.9 Å². The van der Waals surface area contributed by atoms with Gasteiger partial charge in [-0.1, -0.05) is 6.07 Å². The molecule has 6 nitrogen and oxygen atoms in total. The van der Waals surface area contributed by atoms with Gasteiger partial charge < -0.3 is 19.7 Å². The van der Waals surface area contributed by atoms with E-state index in [0.29, 0.717) is 22.7 Å².